The van der Waals surface area contributed by atoms with E-state index < -0.39 is 0 Å². The number of hydrogen-bond donors (Lipinski definition) is 0. The molecular weight excluding hydrogens is 296 g/mol. The van der Waals surface area contributed by atoms with E-state index in [4.69, 9.17) is 28.4 Å². The van der Waals surface area contributed by atoms with Crippen molar-refractivity contribution in [3.8, 4) is 0 Å². The summed E-state index contributed by atoms with van der Waals surface area (Å²) in [7, 11) is 0. The summed E-state index contributed by atoms with van der Waals surface area (Å²) in [5.41, 5.74) is 0. The van der Waals surface area contributed by atoms with E-state index in [0.717, 1.165) is 0 Å². The fourth-order valence-corrected chi connectivity index (χ4v) is 1.99. The van der Waals surface area contributed by atoms with Crippen LogP contribution in [0.2, 0.25) is 0 Å². The van der Waals surface area contributed by atoms with Gasteiger partial charge in [-0.1, -0.05) is 0 Å². The quantitative estimate of drug-likeness (QED) is 0.445. The summed E-state index contributed by atoms with van der Waals surface area (Å²) in [5, 5.41) is 0. The predicted molar refractivity (Wildman–Crippen MR) is 71.8 cm³/mol. The van der Waals surface area contributed by atoms with E-state index in [-0.39, 0.29) is 63.8 Å². The monoisotopic (exact) mass is 318 g/mol. The molecule has 0 aromatic heterocycles. The lowest BCUT2D eigenvalue weighted by atomic mass is 10.2. The van der Waals surface area contributed by atoms with Crippen LogP contribution < -0.4 is 0 Å². The molecule has 126 valence electrons. The summed E-state index contributed by atoms with van der Waals surface area (Å²) >= 11 is 0. The number of carbonyl (C=O) groups is 2. The molecule has 0 saturated carbocycles. The molecule has 2 heterocycles. The molecule has 2 saturated heterocycles. The predicted octanol–water partition coefficient (Wildman–Crippen LogP) is 0.379. The van der Waals surface area contributed by atoms with Gasteiger partial charge in [-0.25, -0.2) is 0 Å². The first-order valence-electron chi connectivity index (χ1n) is 7.44. The summed E-state index contributed by atoms with van der Waals surface area (Å²) in [6, 6.07) is 0. The van der Waals surface area contributed by atoms with Gasteiger partial charge in [0.25, 0.3) is 0 Å². The van der Waals surface area contributed by atoms with Gasteiger partial charge in [0.2, 0.25) is 0 Å². The fraction of sp³-hybridized carbons (Fsp3) is 0.857. The SMILES string of the molecule is O=C(CCCCC(=O)OC[C@H]1COCO1)OC[C@H]1COCO1. The van der Waals surface area contributed by atoms with Gasteiger partial charge in [0, 0.05) is 12.8 Å². The molecule has 2 fully saturated rings. The van der Waals surface area contributed by atoms with Crippen LogP contribution in [-0.4, -0.2) is 64.2 Å². The highest BCUT2D eigenvalue weighted by molar-refractivity contribution is 5.70. The molecule has 0 radical (unpaired) electrons. The number of hydrogen-bond acceptors (Lipinski definition) is 8. The molecule has 0 aromatic carbocycles. The molecule has 8 nitrogen and oxygen atoms in total. The molecule has 2 rings (SSSR count). The van der Waals surface area contributed by atoms with Crippen molar-refractivity contribution in [2.45, 2.75) is 37.9 Å². The summed E-state index contributed by atoms with van der Waals surface area (Å²) in [4.78, 5) is 23.0. The van der Waals surface area contributed by atoms with E-state index in [2.05, 4.69) is 0 Å². The van der Waals surface area contributed by atoms with E-state index in [0.29, 0.717) is 26.1 Å². The Morgan fingerprint density at radius 1 is 0.818 bits per heavy atom. The van der Waals surface area contributed by atoms with Gasteiger partial charge in [-0.3, -0.25) is 9.59 Å². The lowest BCUT2D eigenvalue weighted by molar-refractivity contribution is -0.148. The molecule has 8 heteroatoms. The first-order valence-corrected chi connectivity index (χ1v) is 7.44. The van der Waals surface area contributed by atoms with Crippen LogP contribution in [0, 0.1) is 0 Å². The Kier molecular flexibility index (Phi) is 7.58. The van der Waals surface area contributed by atoms with Crippen molar-refractivity contribution in [1.82, 2.24) is 0 Å². The summed E-state index contributed by atoms with van der Waals surface area (Å²) in [6.07, 6.45) is 1.39. The first kappa shape index (κ1) is 17.1. The molecular formula is C14H22O8. The molecule has 0 unspecified atom stereocenters. The Balaban J connectivity index is 1.42. The van der Waals surface area contributed by atoms with E-state index in [1.54, 1.807) is 0 Å². The Hall–Kier alpha value is -1.22. The molecule has 0 N–H and O–H groups in total. The average molecular weight is 318 g/mol. The fourth-order valence-electron chi connectivity index (χ4n) is 1.99. The topological polar surface area (TPSA) is 89.5 Å². The third-order valence-electron chi connectivity index (χ3n) is 3.25. The second-order valence-electron chi connectivity index (χ2n) is 5.13. The van der Waals surface area contributed by atoms with Crippen LogP contribution in [0.25, 0.3) is 0 Å². The van der Waals surface area contributed by atoms with Crippen LogP contribution in [0.15, 0.2) is 0 Å². The smallest absolute Gasteiger partial charge is 0.305 e. The average Bonchev–Trinajstić information content (AvgIpc) is 3.20. The minimum atomic E-state index is -0.291. The van der Waals surface area contributed by atoms with Crippen LogP contribution in [-0.2, 0) is 38.0 Å². The van der Waals surface area contributed by atoms with Gasteiger partial charge in [-0.2, -0.15) is 0 Å². The Bertz CT molecular complexity index is 313. The maximum absolute atomic E-state index is 11.5. The second kappa shape index (κ2) is 9.73. The Morgan fingerprint density at radius 2 is 1.27 bits per heavy atom. The van der Waals surface area contributed by atoms with E-state index in [1.807, 2.05) is 0 Å². The van der Waals surface area contributed by atoms with Gasteiger partial charge in [-0.05, 0) is 12.8 Å². The maximum atomic E-state index is 11.5. The molecule has 0 aliphatic carbocycles. The van der Waals surface area contributed by atoms with Gasteiger partial charge in [0.05, 0.1) is 13.2 Å². The molecule has 0 spiro atoms. The molecule has 0 aromatic rings. The standard InChI is InChI=1S/C14H22O8/c15-13(19-7-11-5-17-9-21-11)3-1-2-4-14(16)20-8-12-6-18-10-22-12/h11-12H,1-10H2/t11-,12-/m1/s1. The van der Waals surface area contributed by atoms with Crippen LogP contribution in [0.1, 0.15) is 25.7 Å². The number of carbonyl (C=O) groups excluding carboxylic acids is 2. The molecule has 22 heavy (non-hydrogen) atoms. The normalized spacial score (nSPS) is 24.4. The van der Waals surface area contributed by atoms with Crippen molar-refractivity contribution in [1.29, 1.82) is 0 Å². The summed E-state index contributed by atoms with van der Waals surface area (Å²) in [6.45, 7) is 1.84. The zero-order valence-electron chi connectivity index (χ0n) is 12.5. The Morgan fingerprint density at radius 3 is 1.64 bits per heavy atom. The number of esters is 2. The second-order valence-corrected chi connectivity index (χ2v) is 5.13. The number of ether oxygens (including phenoxy) is 6. The van der Waals surface area contributed by atoms with Crippen molar-refractivity contribution < 1.29 is 38.0 Å². The third kappa shape index (κ3) is 6.69. The van der Waals surface area contributed by atoms with Crippen molar-refractivity contribution in [2.24, 2.45) is 0 Å². The van der Waals surface area contributed by atoms with Crippen LogP contribution >= 0.6 is 0 Å². The lowest BCUT2D eigenvalue weighted by Gasteiger charge is -2.09. The summed E-state index contributed by atoms with van der Waals surface area (Å²) in [5.74, 6) is -0.583. The highest BCUT2D eigenvalue weighted by Gasteiger charge is 2.19. The van der Waals surface area contributed by atoms with E-state index in [9.17, 15) is 9.59 Å². The highest BCUT2D eigenvalue weighted by Crippen LogP contribution is 2.08. The van der Waals surface area contributed by atoms with Crippen molar-refractivity contribution in [3.05, 3.63) is 0 Å². The number of unbranched alkanes of at least 4 members (excludes halogenated alkanes) is 1. The summed E-state index contributed by atoms with van der Waals surface area (Å²) < 4.78 is 30.4. The van der Waals surface area contributed by atoms with Gasteiger partial charge >= 0.3 is 11.9 Å². The maximum Gasteiger partial charge on any atom is 0.305 e. The zero-order valence-corrected chi connectivity index (χ0v) is 12.5. The minimum Gasteiger partial charge on any atom is -0.463 e. The van der Waals surface area contributed by atoms with Gasteiger partial charge < -0.3 is 28.4 Å². The van der Waals surface area contributed by atoms with Gasteiger partial charge in [0.15, 0.2) is 0 Å². The van der Waals surface area contributed by atoms with Gasteiger partial charge in [0.1, 0.15) is 39.0 Å². The minimum absolute atomic E-state index is 0.166. The van der Waals surface area contributed by atoms with E-state index in [1.165, 1.54) is 0 Å². The Labute approximate surface area is 128 Å². The molecule has 2 atom stereocenters. The molecule has 0 bridgehead atoms. The largest absolute Gasteiger partial charge is 0.463 e. The van der Waals surface area contributed by atoms with Crippen LogP contribution in [0.3, 0.4) is 0 Å². The van der Waals surface area contributed by atoms with Crippen molar-refractivity contribution in [2.75, 3.05) is 40.0 Å². The van der Waals surface area contributed by atoms with Crippen LogP contribution in [0.5, 0.6) is 0 Å². The molecule has 2 aliphatic heterocycles. The lowest BCUT2D eigenvalue weighted by Crippen LogP contribution is -2.21. The highest BCUT2D eigenvalue weighted by atomic mass is 16.7. The van der Waals surface area contributed by atoms with E-state index >= 15 is 0 Å². The molecule has 0 amide bonds. The molecule has 2 aliphatic rings. The van der Waals surface area contributed by atoms with Crippen molar-refractivity contribution >= 4 is 11.9 Å². The van der Waals surface area contributed by atoms with Gasteiger partial charge in [-0.15, -0.1) is 0 Å². The number of rotatable bonds is 9. The van der Waals surface area contributed by atoms with Crippen molar-refractivity contribution in [3.63, 3.8) is 0 Å². The van der Waals surface area contributed by atoms with Crippen LogP contribution in [0.4, 0.5) is 0 Å². The zero-order chi connectivity index (χ0) is 15.6. The first-order chi connectivity index (χ1) is 10.7. The third-order valence-corrected chi connectivity index (χ3v) is 3.25.